The first-order valence-corrected chi connectivity index (χ1v) is 8.27. The van der Waals surface area contributed by atoms with Crippen molar-refractivity contribution in [1.29, 1.82) is 0 Å². The van der Waals surface area contributed by atoms with E-state index in [1.165, 1.54) is 0 Å². The molecule has 0 fully saturated rings. The van der Waals surface area contributed by atoms with Gasteiger partial charge < -0.3 is 20.7 Å². The van der Waals surface area contributed by atoms with Crippen molar-refractivity contribution in [2.24, 2.45) is 5.73 Å². The van der Waals surface area contributed by atoms with Crippen LogP contribution in [0.4, 0.5) is 15.3 Å². The van der Waals surface area contributed by atoms with Crippen LogP contribution in [-0.2, 0) is 4.74 Å². The summed E-state index contributed by atoms with van der Waals surface area (Å²) in [5, 5.41) is 5.48. The summed E-state index contributed by atoms with van der Waals surface area (Å²) in [6.45, 7) is 5.45. The number of urea groups is 1. The second kappa shape index (κ2) is 11.3. The largest absolute Gasteiger partial charge is 0.447 e. The summed E-state index contributed by atoms with van der Waals surface area (Å²) in [6.07, 6.45) is 1.13. The monoisotopic (exact) mass is 336 g/mol. The maximum atomic E-state index is 12.1. The molecular weight excluding hydrogens is 308 g/mol. The highest BCUT2D eigenvalue weighted by atomic mass is 16.5. The number of rotatable bonds is 9. The number of nitrogens with one attached hydrogen (secondary N) is 2. The zero-order valence-corrected chi connectivity index (χ0v) is 14.5. The van der Waals surface area contributed by atoms with E-state index >= 15 is 0 Å². The van der Waals surface area contributed by atoms with E-state index in [0.29, 0.717) is 25.3 Å². The van der Waals surface area contributed by atoms with Gasteiger partial charge in [0, 0.05) is 18.3 Å². The molecule has 1 rings (SSSR count). The molecule has 0 spiro atoms. The molecule has 0 aliphatic rings. The van der Waals surface area contributed by atoms with Gasteiger partial charge in [0.25, 0.3) is 0 Å². The third kappa shape index (κ3) is 8.38. The van der Waals surface area contributed by atoms with Gasteiger partial charge in [-0.25, -0.2) is 9.59 Å². The van der Waals surface area contributed by atoms with Crippen LogP contribution in [-0.4, -0.2) is 49.3 Å². The summed E-state index contributed by atoms with van der Waals surface area (Å²) >= 11 is 0. The number of carbonyl (C=O) groups is 2. The van der Waals surface area contributed by atoms with Gasteiger partial charge in [-0.2, -0.15) is 0 Å². The number of hydrogen-bond donors (Lipinski definition) is 3. The first kappa shape index (κ1) is 19.8. The minimum absolute atomic E-state index is 0.0526. The van der Waals surface area contributed by atoms with Crippen molar-refractivity contribution in [2.75, 3.05) is 31.6 Å². The van der Waals surface area contributed by atoms with Crippen LogP contribution in [0.3, 0.4) is 0 Å². The first-order valence-electron chi connectivity index (χ1n) is 8.27. The van der Waals surface area contributed by atoms with Gasteiger partial charge in [-0.3, -0.25) is 5.32 Å². The number of unbranched alkanes of at least 4 members (excludes halogenated alkanes) is 1. The van der Waals surface area contributed by atoms with E-state index in [4.69, 9.17) is 10.5 Å². The molecule has 0 heterocycles. The van der Waals surface area contributed by atoms with Crippen molar-refractivity contribution >= 4 is 17.8 Å². The highest BCUT2D eigenvalue weighted by Gasteiger charge is 2.14. The van der Waals surface area contributed by atoms with Crippen LogP contribution in [0.25, 0.3) is 0 Å². The lowest BCUT2D eigenvalue weighted by Crippen LogP contribution is -2.45. The summed E-state index contributed by atoms with van der Waals surface area (Å²) in [6, 6.07) is 8.96. The summed E-state index contributed by atoms with van der Waals surface area (Å²) in [4.78, 5) is 25.5. The smallest absolute Gasteiger partial charge is 0.411 e. The normalized spacial score (nSPS) is 10.3. The minimum Gasteiger partial charge on any atom is -0.447 e. The number of anilines is 1. The summed E-state index contributed by atoms with van der Waals surface area (Å²) < 4.78 is 5.14. The molecule has 134 valence electrons. The molecule has 0 saturated heterocycles. The van der Waals surface area contributed by atoms with Gasteiger partial charge in [0.1, 0.15) is 6.61 Å². The lowest BCUT2D eigenvalue weighted by atomic mass is 10.3. The zero-order valence-electron chi connectivity index (χ0n) is 14.5. The van der Waals surface area contributed by atoms with Crippen molar-refractivity contribution in [2.45, 2.75) is 32.7 Å². The van der Waals surface area contributed by atoms with Gasteiger partial charge in [0.05, 0.1) is 6.54 Å². The molecule has 4 N–H and O–H groups in total. The molecule has 0 atom stereocenters. The molecular formula is C17H28N4O3. The number of para-hydroxylation sites is 1. The molecule has 0 aliphatic carbocycles. The Bertz CT molecular complexity index is 494. The number of hydrogen-bond acceptors (Lipinski definition) is 4. The molecule has 24 heavy (non-hydrogen) atoms. The second-order valence-corrected chi connectivity index (χ2v) is 5.71. The first-order chi connectivity index (χ1) is 11.5. The van der Waals surface area contributed by atoms with Crippen molar-refractivity contribution < 1.29 is 14.3 Å². The van der Waals surface area contributed by atoms with Crippen molar-refractivity contribution in [3.63, 3.8) is 0 Å². The van der Waals surface area contributed by atoms with E-state index in [-0.39, 0.29) is 18.7 Å². The standard InChI is InChI=1S/C17H28N4O3/c1-14(2)19-16(22)21(11-7-6-10-18)12-13-24-17(23)20-15-8-4-3-5-9-15/h3-5,8-9,14H,6-7,10-13,18H2,1-2H3,(H,19,22)(H,20,23). The van der Waals surface area contributed by atoms with Gasteiger partial charge in [-0.15, -0.1) is 0 Å². The third-order valence-electron chi connectivity index (χ3n) is 3.20. The highest BCUT2D eigenvalue weighted by Crippen LogP contribution is 2.05. The summed E-state index contributed by atoms with van der Waals surface area (Å²) in [5.74, 6) is 0. The molecule has 1 aromatic rings. The fraction of sp³-hybridized carbons (Fsp3) is 0.529. The SMILES string of the molecule is CC(C)NC(=O)N(CCCCN)CCOC(=O)Nc1ccccc1. The van der Waals surface area contributed by atoms with Gasteiger partial charge in [0.2, 0.25) is 0 Å². The Kier molecular flexibility index (Phi) is 9.29. The fourth-order valence-corrected chi connectivity index (χ4v) is 2.02. The topological polar surface area (TPSA) is 96.7 Å². The average molecular weight is 336 g/mol. The van der Waals surface area contributed by atoms with Crippen molar-refractivity contribution in [3.05, 3.63) is 30.3 Å². The molecule has 0 unspecified atom stereocenters. The quantitative estimate of drug-likeness (QED) is 0.603. The lowest BCUT2D eigenvalue weighted by molar-refractivity contribution is 0.139. The summed E-state index contributed by atoms with van der Waals surface area (Å²) in [5.41, 5.74) is 6.15. The summed E-state index contributed by atoms with van der Waals surface area (Å²) in [7, 11) is 0. The molecule has 0 bridgehead atoms. The number of nitrogens with two attached hydrogens (primary N) is 1. The zero-order chi connectivity index (χ0) is 17.8. The molecule has 3 amide bonds. The van der Waals surface area contributed by atoms with Gasteiger partial charge in [-0.05, 0) is 45.4 Å². The van der Waals surface area contributed by atoms with Crippen molar-refractivity contribution in [1.82, 2.24) is 10.2 Å². The van der Waals surface area contributed by atoms with Gasteiger partial charge in [-0.1, -0.05) is 18.2 Å². The van der Waals surface area contributed by atoms with Crippen LogP contribution < -0.4 is 16.4 Å². The Morgan fingerprint density at radius 3 is 2.50 bits per heavy atom. The van der Waals surface area contributed by atoms with Gasteiger partial charge >= 0.3 is 12.1 Å². The highest BCUT2D eigenvalue weighted by molar-refractivity contribution is 5.84. The molecule has 0 saturated carbocycles. The lowest BCUT2D eigenvalue weighted by Gasteiger charge is -2.24. The Labute approximate surface area is 143 Å². The predicted molar refractivity (Wildman–Crippen MR) is 94.9 cm³/mol. The third-order valence-corrected chi connectivity index (χ3v) is 3.20. The Hall–Kier alpha value is -2.28. The number of ether oxygens (including phenoxy) is 1. The maximum Gasteiger partial charge on any atom is 0.411 e. The Morgan fingerprint density at radius 1 is 1.17 bits per heavy atom. The molecule has 0 aliphatic heterocycles. The van der Waals surface area contributed by atoms with Crippen molar-refractivity contribution in [3.8, 4) is 0 Å². The fourth-order valence-electron chi connectivity index (χ4n) is 2.02. The molecule has 0 radical (unpaired) electrons. The van der Waals surface area contributed by atoms with Crippen LogP contribution in [0.2, 0.25) is 0 Å². The van der Waals surface area contributed by atoms with E-state index in [1.807, 2.05) is 32.0 Å². The number of carbonyl (C=O) groups excluding carboxylic acids is 2. The molecule has 7 heteroatoms. The number of benzene rings is 1. The van der Waals surface area contributed by atoms with E-state index in [0.717, 1.165) is 12.8 Å². The number of nitrogens with zero attached hydrogens (tertiary/aromatic N) is 1. The minimum atomic E-state index is -0.535. The number of amides is 3. The van der Waals surface area contributed by atoms with E-state index in [1.54, 1.807) is 17.0 Å². The molecule has 0 aromatic heterocycles. The second-order valence-electron chi connectivity index (χ2n) is 5.71. The van der Waals surface area contributed by atoms with E-state index in [9.17, 15) is 9.59 Å². The van der Waals surface area contributed by atoms with Crippen LogP contribution in [0.15, 0.2) is 30.3 Å². The molecule has 7 nitrogen and oxygen atoms in total. The Balaban J connectivity index is 2.39. The maximum absolute atomic E-state index is 12.1. The predicted octanol–water partition coefficient (Wildman–Crippen LogP) is 2.39. The molecule has 1 aromatic carbocycles. The van der Waals surface area contributed by atoms with Crippen LogP contribution in [0.5, 0.6) is 0 Å². The van der Waals surface area contributed by atoms with Crippen LogP contribution in [0, 0.1) is 0 Å². The van der Waals surface area contributed by atoms with Gasteiger partial charge in [0.15, 0.2) is 0 Å². The van der Waals surface area contributed by atoms with E-state index in [2.05, 4.69) is 10.6 Å². The van der Waals surface area contributed by atoms with Crippen LogP contribution in [0.1, 0.15) is 26.7 Å². The Morgan fingerprint density at radius 2 is 1.88 bits per heavy atom. The average Bonchev–Trinajstić information content (AvgIpc) is 2.53. The van der Waals surface area contributed by atoms with E-state index < -0.39 is 6.09 Å². The van der Waals surface area contributed by atoms with Crippen LogP contribution >= 0.6 is 0 Å².